The monoisotopic (exact) mass is 512 g/mol. The summed E-state index contributed by atoms with van der Waals surface area (Å²) in [4.78, 5) is 18.7. The lowest BCUT2D eigenvalue weighted by Crippen LogP contribution is -2.38. The number of benzene rings is 1. The lowest BCUT2D eigenvalue weighted by atomic mass is 9.63. The number of aryl methyl sites for hydroxylation is 1. The molecule has 1 N–H and O–H groups in total. The summed E-state index contributed by atoms with van der Waals surface area (Å²) in [5.74, 6) is 0.814. The fourth-order valence-corrected chi connectivity index (χ4v) is 5.49. The van der Waals surface area contributed by atoms with Gasteiger partial charge in [0.2, 0.25) is 0 Å². The molecule has 0 aliphatic heterocycles. The first-order valence-corrected chi connectivity index (χ1v) is 12.6. The number of hydrogen-bond donors (Lipinski definition) is 1. The first kappa shape index (κ1) is 25.3. The Labute approximate surface area is 212 Å². The molecule has 7 nitrogen and oxygen atoms in total. The topological polar surface area (TPSA) is 71.7 Å². The second-order valence-electron chi connectivity index (χ2n) is 10.2. The van der Waals surface area contributed by atoms with E-state index in [4.69, 9.17) is 0 Å². The smallest absolute Gasteiger partial charge is 0.353 e. The molecular formula is C27H31F3N6O. The molecule has 0 saturated heterocycles. The van der Waals surface area contributed by atoms with Crippen LogP contribution in [0.2, 0.25) is 0 Å². The number of aromatic amines is 1. The number of nitrogens with zero attached hydrogens (tertiary/aromatic N) is 5. The van der Waals surface area contributed by atoms with Gasteiger partial charge in [-0.3, -0.25) is 14.3 Å². The minimum atomic E-state index is -4.62. The van der Waals surface area contributed by atoms with Crippen molar-refractivity contribution in [3.05, 3.63) is 75.9 Å². The van der Waals surface area contributed by atoms with Gasteiger partial charge in [-0.15, -0.1) is 10.2 Å². The Morgan fingerprint density at radius 1 is 1.22 bits per heavy atom. The van der Waals surface area contributed by atoms with Gasteiger partial charge in [-0.1, -0.05) is 25.5 Å². The van der Waals surface area contributed by atoms with Crippen molar-refractivity contribution >= 4 is 10.9 Å². The second kappa shape index (κ2) is 9.16. The third-order valence-corrected chi connectivity index (χ3v) is 7.69. The molecule has 1 fully saturated rings. The third kappa shape index (κ3) is 4.27. The summed E-state index contributed by atoms with van der Waals surface area (Å²) in [6.07, 6.45) is 0.675. The lowest BCUT2D eigenvalue weighted by molar-refractivity contribution is -0.136. The summed E-state index contributed by atoms with van der Waals surface area (Å²) in [5.41, 5.74) is 0.112. The molecule has 0 unspecified atom stereocenters. The number of aromatic nitrogens is 5. The number of pyridine rings is 1. The SMILES string of the molecule is CCN(Cc1cc2c(C(F)(F)F)cn(-c3cccc(C4(c5nncn5C)CCC4)c3)c(=O)c2[nH]1)C(C)C. The Morgan fingerprint density at radius 3 is 2.54 bits per heavy atom. The lowest BCUT2D eigenvalue weighted by Gasteiger charge is -2.41. The van der Waals surface area contributed by atoms with E-state index in [1.54, 1.807) is 18.5 Å². The van der Waals surface area contributed by atoms with Crippen LogP contribution in [0.1, 0.15) is 62.7 Å². The van der Waals surface area contributed by atoms with Gasteiger partial charge in [-0.2, -0.15) is 13.2 Å². The Morgan fingerprint density at radius 2 is 1.97 bits per heavy atom. The second-order valence-corrected chi connectivity index (χ2v) is 10.2. The molecule has 1 aliphatic carbocycles. The van der Waals surface area contributed by atoms with Crippen LogP contribution in [-0.2, 0) is 25.2 Å². The minimum absolute atomic E-state index is 0.0401. The Hall–Kier alpha value is -3.40. The molecule has 5 rings (SSSR count). The Kier molecular flexibility index (Phi) is 6.26. The van der Waals surface area contributed by atoms with Gasteiger partial charge in [0.25, 0.3) is 5.56 Å². The zero-order valence-electron chi connectivity index (χ0n) is 21.4. The fourth-order valence-electron chi connectivity index (χ4n) is 5.49. The molecule has 3 heterocycles. The van der Waals surface area contributed by atoms with E-state index in [2.05, 4.69) is 20.1 Å². The van der Waals surface area contributed by atoms with E-state index in [-0.39, 0.29) is 22.4 Å². The fraction of sp³-hybridized carbons (Fsp3) is 0.444. The molecule has 1 aromatic carbocycles. The maximum Gasteiger partial charge on any atom is 0.418 e. The standard InChI is InChI=1S/C27H31F3N6O/c1-5-35(17(2)3)14-19-13-21-22(27(28,29)30)15-36(24(37)23(21)32-19)20-9-6-8-18(12-20)26(10-7-11-26)25-33-31-16-34(25)4/h6,8-9,12-13,15-17,32H,5,7,10-11,14H2,1-4H3. The first-order chi connectivity index (χ1) is 17.5. The van der Waals surface area contributed by atoms with Gasteiger partial charge in [0, 0.05) is 42.6 Å². The van der Waals surface area contributed by atoms with Gasteiger partial charge in [0.1, 0.15) is 17.7 Å². The molecule has 1 aliphatic rings. The van der Waals surface area contributed by atoms with E-state index < -0.39 is 17.3 Å². The Bertz CT molecular complexity index is 1490. The summed E-state index contributed by atoms with van der Waals surface area (Å²) in [6.45, 7) is 7.23. The molecule has 0 radical (unpaired) electrons. The first-order valence-electron chi connectivity index (χ1n) is 12.6. The summed E-state index contributed by atoms with van der Waals surface area (Å²) in [6, 6.07) is 8.88. The van der Waals surface area contributed by atoms with Crippen LogP contribution >= 0.6 is 0 Å². The molecular weight excluding hydrogens is 481 g/mol. The van der Waals surface area contributed by atoms with Crippen LogP contribution < -0.4 is 5.56 Å². The van der Waals surface area contributed by atoms with E-state index >= 15 is 0 Å². The number of alkyl halides is 3. The predicted molar refractivity (Wildman–Crippen MR) is 136 cm³/mol. The third-order valence-electron chi connectivity index (χ3n) is 7.69. The number of rotatable bonds is 7. The highest BCUT2D eigenvalue weighted by molar-refractivity contribution is 5.84. The average Bonchev–Trinajstić information content (AvgIpc) is 3.43. The van der Waals surface area contributed by atoms with E-state index in [9.17, 15) is 18.0 Å². The number of halogens is 3. The molecule has 10 heteroatoms. The molecule has 0 bridgehead atoms. The quantitative estimate of drug-likeness (QED) is 0.371. The van der Waals surface area contributed by atoms with Crippen molar-refractivity contribution in [2.24, 2.45) is 7.05 Å². The summed E-state index contributed by atoms with van der Waals surface area (Å²) in [7, 11) is 1.88. The van der Waals surface area contributed by atoms with Gasteiger partial charge in [-0.25, -0.2) is 0 Å². The van der Waals surface area contributed by atoms with Gasteiger partial charge < -0.3 is 9.55 Å². The highest BCUT2D eigenvalue weighted by Crippen LogP contribution is 2.48. The zero-order valence-corrected chi connectivity index (χ0v) is 21.4. The van der Waals surface area contributed by atoms with Crippen LogP contribution in [0.4, 0.5) is 13.2 Å². The number of fused-ring (bicyclic) bond motifs is 1. The van der Waals surface area contributed by atoms with Crippen molar-refractivity contribution < 1.29 is 13.2 Å². The number of nitrogens with one attached hydrogen (secondary N) is 1. The Balaban J connectivity index is 1.65. The van der Waals surface area contributed by atoms with Gasteiger partial charge in [0.15, 0.2) is 0 Å². The van der Waals surface area contributed by atoms with Crippen LogP contribution in [0.5, 0.6) is 0 Å². The maximum absolute atomic E-state index is 14.2. The van der Waals surface area contributed by atoms with Gasteiger partial charge in [0.05, 0.1) is 11.0 Å². The van der Waals surface area contributed by atoms with Gasteiger partial charge >= 0.3 is 6.18 Å². The molecule has 3 aromatic heterocycles. The zero-order chi connectivity index (χ0) is 26.5. The van der Waals surface area contributed by atoms with E-state index in [0.29, 0.717) is 17.9 Å². The summed E-state index contributed by atoms with van der Waals surface area (Å²) >= 11 is 0. The van der Waals surface area contributed by atoms with Crippen molar-refractivity contribution in [2.45, 2.75) is 64.2 Å². The normalized spacial score (nSPS) is 15.6. The molecule has 1 saturated carbocycles. The molecule has 37 heavy (non-hydrogen) atoms. The average molecular weight is 513 g/mol. The maximum atomic E-state index is 14.2. The molecule has 0 spiro atoms. The minimum Gasteiger partial charge on any atom is -0.353 e. The van der Waals surface area contributed by atoms with Crippen LogP contribution in [0, 0.1) is 0 Å². The van der Waals surface area contributed by atoms with Crippen LogP contribution in [0.15, 0.2) is 47.7 Å². The van der Waals surface area contributed by atoms with E-state index in [1.165, 1.54) is 6.07 Å². The highest BCUT2D eigenvalue weighted by Gasteiger charge is 2.44. The number of hydrogen-bond acceptors (Lipinski definition) is 4. The highest BCUT2D eigenvalue weighted by atomic mass is 19.4. The summed E-state index contributed by atoms with van der Waals surface area (Å²) < 4.78 is 45.6. The van der Waals surface area contributed by atoms with Crippen molar-refractivity contribution in [3.8, 4) is 5.69 Å². The van der Waals surface area contributed by atoms with Crippen LogP contribution in [0.3, 0.4) is 0 Å². The molecule has 0 amide bonds. The molecule has 0 atom stereocenters. The van der Waals surface area contributed by atoms with Crippen molar-refractivity contribution in [2.75, 3.05) is 6.54 Å². The molecule has 4 aromatic rings. The van der Waals surface area contributed by atoms with Crippen LogP contribution in [0.25, 0.3) is 16.6 Å². The van der Waals surface area contributed by atoms with Crippen molar-refractivity contribution in [1.82, 2.24) is 29.2 Å². The number of H-pyrrole nitrogens is 1. The van der Waals surface area contributed by atoms with Crippen molar-refractivity contribution in [1.29, 1.82) is 0 Å². The van der Waals surface area contributed by atoms with Gasteiger partial charge in [-0.05, 0) is 57.0 Å². The summed E-state index contributed by atoms with van der Waals surface area (Å²) in [5, 5.41) is 8.25. The van der Waals surface area contributed by atoms with Crippen LogP contribution in [-0.4, -0.2) is 41.8 Å². The predicted octanol–water partition coefficient (Wildman–Crippen LogP) is 5.17. The van der Waals surface area contributed by atoms with Crippen molar-refractivity contribution in [3.63, 3.8) is 0 Å². The largest absolute Gasteiger partial charge is 0.418 e. The van der Waals surface area contributed by atoms with E-state index in [1.807, 2.05) is 44.5 Å². The van der Waals surface area contributed by atoms with E-state index in [0.717, 1.165) is 48.0 Å². The molecule has 196 valence electrons.